The van der Waals surface area contributed by atoms with Crippen LogP contribution in [0.1, 0.15) is 46.0 Å². The highest BCUT2D eigenvalue weighted by Crippen LogP contribution is 2.64. The Labute approximate surface area is 147 Å². The maximum atomic E-state index is 10.2. The summed E-state index contributed by atoms with van der Waals surface area (Å²) in [6, 6.07) is 0.584. The third kappa shape index (κ3) is 2.10. The van der Waals surface area contributed by atoms with Crippen molar-refractivity contribution < 1.29 is 5.11 Å². The topological polar surface area (TPSA) is 44.3 Å². The highest BCUT2D eigenvalue weighted by atomic mass is 16.3. The molecule has 0 radical (unpaired) electrons. The molecular weight excluding hydrogens is 296 g/mol. The molecule has 3 N–H and O–H groups in total. The number of allylic oxidation sites excluding steroid dienone is 3. The van der Waals surface area contributed by atoms with Crippen LogP contribution in [0.4, 0.5) is 0 Å². The van der Waals surface area contributed by atoms with Crippen LogP contribution in [0.2, 0.25) is 0 Å². The number of aliphatic hydroxyl groups is 1. The van der Waals surface area contributed by atoms with E-state index in [0.717, 1.165) is 24.2 Å². The van der Waals surface area contributed by atoms with Gasteiger partial charge in [0.1, 0.15) is 0 Å². The Morgan fingerprint density at radius 3 is 2.67 bits per heavy atom. The van der Waals surface area contributed by atoms with Crippen LogP contribution >= 0.6 is 0 Å². The van der Waals surface area contributed by atoms with E-state index in [0.29, 0.717) is 17.4 Å². The average Bonchev–Trinajstić information content (AvgIpc) is 2.91. The molecule has 1 unspecified atom stereocenters. The van der Waals surface area contributed by atoms with Gasteiger partial charge >= 0.3 is 0 Å². The molecule has 0 aliphatic heterocycles. The predicted molar refractivity (Wildman–Crippen MR) is 98.4 cm³/mol. The molecule has 8 atom stereocenters. The zero-order valence-electron chi connectivity index (χ0n) is 15.7. The lowest BCUT2D eigenvalue weighted by Gasteiger charge is -2.61. The van der Waals surface area contributed by atoms with E-state index in [9.17, 15) is 5.11 Å². The number of fused-ring (bicyclic) bond motifs is 5. The summed E-state index contributed by atoms with van der Waals surface area (Å²) in [6.45, 7) is 4.97. The molecule has 2 saturated carbocycles. The van der Waals surface area contributed by atoms with E-state index in [1.807, 2.05) is 0 Å². The predicted octanol–water partition coefficient (Wildman–Crippen LogP) is 3.08. The molecule has 0 spiro atoms. The Morgan fingerprint density at radius 2 is 1.96 bits per heavy atom. The summed E-state index contributed by atoms with van der Waals surface area (Å²) >= 11 is 0. The van der Waals surface area contributed by atoms with Gasteiger partial charge in [-0.1, -0.05) is 32.1 Å². The van der Waals surface area contributed by atoms with E-state index in [4.69, 9.17) is 0 Å². The van der Waals surface area contributed by atoms with Crippen LogP contribution in [-0.2, 0) is 0 Å². The minimum absolute atomic E-state index is 0.241. The maximum Gasteiger partial charge on any atom is 0.0724 e. The van der Waals surface area contributed by atoms with Gasteiger partial charge in [-0.15, -0.1) is 0 Å². The Kier molecular flexibility index (Phi) is 3.89. The van der Waals surface area contributed by atoms with Crippen molar-refractivity contribution >= 4 is 0 Å². The van der Waals surface area contributed by atoms with Crippen LogP contribution in [0.15, 0.2) is 23.9 Å². The quantitative estimate of drug-likeness (QED) is 0.682. The first kappa shape index (κ1) is 16.7. The fraction of sp³-hybridized carbons (Fsp3) is 0.810. The van der Waals surface area contributed by atoms with Crippen molar-refractivity contribution in [1.29, 1.82) is 0 Å². The Balaban J connectivity index is 1.72. The molecule has 0 bridgehead atoms. The van der Waals surface area contributed by atoms with Crippen LogP contribution in [-0.4, -0.2) is 31.3 Å². The summed E-state index contributed by atoms with van der Waals surface area (Å²) in [4.78, 5) is 0. The second kappa shape index (κ2) is 5.60. The molecule has 0 saturated heterocycles. The van der Waals surface area contributed by atoms with Gasteiger partial charge in [0, 0.05) is 24.2 Å². The van der Waals surface area contributed by atoms with E-state index >= 15 is 0 Å². The zero-order valence-corrected chi connectivity index (χ0v) is 15.7. The van der Waals surface area contributed by atoms with Gasteiger partial charge in [-0.2, -0.15) is 0 Å². The summed E-state index contributed by atoms with van der Waals surface area (Å²) < 4.78 is 0. The fourth-order valence-corrected chi connectivity index (χ4v) is 7.07. The van der Waals surface area contributed by atoms with Gasteiger partial charge in [0.2, 0.25) is 0 Å². The van der Waals surface area contributed by atoms with Gasteiger partial charge in [-0.3, -0.25) is 0 Å². The van der Waals surface area contributed by atoms with Crippen LogP contribution in [0, 0.1) is 34.5 Å². The maximum absolute atomic E-state index is 10.2. The number of hydrogen-bond donors (Lipinski definition) is 3. The Hall–Kier alpha value is -0.800. The third-order valence-electron chi connectivity index (χ3n) is 8.44. The average molecular weight is 331 g/mol. The van der Waals surface area contributed by atoms with Crippen LogP contribution in [0.25, 0.3) is 0 Å². The minimum Gasteiger partial charge on any atom is -0.391 e. The normalized spacial score (nSPS) is 53.0. The second-order valence-electron chi connectivity index (χ2n) is 9.21. The molecule has 24 heavy (non-hydrogen) atoms. The summed E-state index contributed by atoms with van der Waals surface area (Å²) in [7, 11) is 4.23. The standard InChI is InChI=1S/C21H34N2O/c1-20-9-7-14(24)11-13(20)12-17(22-3)19-15-5-6-18(23-4)21(15,2)10-8-16(19)20/h6-7,9,13-17,19,22-24H,5,8,10-12H2,1-4H3/t13?,14-,15-,16-,17-,19-,20-,21-/m0/s1. The number of rotatable bonds is 2. The van der Waals surface area contributed by atoms with Crippen molar-refractivity contribution in [1.82, 2.24) is 10.6 Å². The van der Waals surface area contributed by atoms with E-state index in [-0.39, 0.29) is 11.5 Å². The molecule has 4 aliphatic rings. The Bertz CT molecular complexity index is 570. The Morgan fingerprint density at radius 1 is 1.17 bits per heavy atom. The molecular formula is C21H34N2O. The lowest BCUT2D eigenvalue weighted by molar-refractivity contribution is -0.0883. The largest absolute Gasteiger partial charge is 0.391 e. The lowest BCUT2D eigenvalue weighted by atomic mass is 9.45. The second-order valence-corrected chi connectivity index (χ2v) is 9.21. The number of aliphatic hydroxyl groups excluding tert-OH is 1. The molecule has 134 valence electrons. The van der Waals surface area contributed by atoms with Crippen LogP contribution in [0.5, 0.6) is 0 Å². The van der Waals surface area contributed by atoms with Crippen molar-refractivity contribution in [2.24, 2.45) is 34.5 Å². The molecule has 3 heteroatoms. The lowest BCUT2D eigenvalue weighted by Crippen LogP contribution is -2.60. The molecule has 0 heterocycles. The summed E-state index contributed by atoms with van der Waals surface area (Å²) in [5.74, 6) is 2.82. The number of hydrogen-bond acceptors (Lipinski definition) is 3. The minimum atomic E-state index is -0.241. The van der Waals surface area contributed by atoms with E-state index in [2.05, 4.69) is 56.8 Å². The van der Waals surface area contributed by atoms with Gasteiger partial charge in [-0.25, -0.2) is 0 Å². The fourth-order valence-electron chi connectivity index (χ4n) is 7.07. The van der Waals surface area contributed by atoms with Gasteiger partial charge in [0.05, 0.1) is 6.10 Å². The molecule has 0 aromatic heterocycles. The summed E-state index contributed by atoms with van der Waals surface area (Å²) in [5.41, 5.74) is 2.07. The van der Waals surface area contributed by atoms with Crippen molar-refractivity contribution in [2.75, 3.05) is 14.1 Å². The summed E-state index contributed by atoms with van der Waals surface area (Å²) in [5, 5.41) is 17.3. The third-order valence-corrected chi connectivity index (χ3v) is 8.44. The van der Waals surface area contributed by atoms with Gasteiger partial charge in [-0.05, 0) is 68.2 Å². The highest BCUT2D eigenvalue weighted by molar-refractivity contribution is 5.26. The number of nitrogens with one attached hydrogen (secondary N) is 2. The SMILES string of the molecule is CNC1=CC[C@H]2[C@@H]3[C@@H](NC)CC4C[C@@H](O)C=C[C@]4(C)[C@H]3CC[C@]12C. The molecule has 0 amide bonds. The van der Waals surface area contributed by atoms with E-state index in [1.165, 1.54) is 31.4 Å². The molecule has 3 nitrogen and oxygen atoms in total. The molecule has 2 fully saturated rings. The van der Waals surface area contributed by atoms with Crippen molar-refractivity contribution in [3.8, 4) is 0 Å². The first-order valence-electron chi connectivity index (χ1n) is 9.87. The van der Waals surface area contributed by atoms with Gasteiger partial charge in [0.25, 0.3) is 0 Å². The smallest absolute Gasteiger partial charge is 0.0724 e. The van der Waals surface area contributed by atoms with Crippen molar-refractivity contribution in [3.63, 3.8) is 0 Å². The molecule has 4 aliphatic carbocycles. The molecule has 0 aromatic carbocycles. The molecule has 0 aromatic rings. The van der Waals surface area contributed by atoms with Crippen molar-refractivity contribution in [3.05, 3.63) is 23.9 Å². The molecule has 4 rings (SSSR count). The van der Waals surface area contributed by atoms with Gasteiger partial charge in [0.15, 0.2) is 0 Å². The first-order chi connectivity index (χ1) is 11.4. The van der Waals surface area contributed by atoms with Crippen LogP contribution in [0.3, 0.4) is 0 Å². The van der Waals surface area contributed by atoms with Crippen molar-refractivity contribution in [2.45, 2.75) is 58.1 Å². The summed E-state index contributed by atoms with van der Waals surface area (Å²) in [6.07, 6.45) is 12.7. The van der Waals surface area contributed by atoms with Crippen LogP contribution < -0.4 is 10.6 Å². The first-order valence-corrected chi connectivity index (χ1v) is 9.87. The van der Waals surface area contributed by atoms with E-state index in [1.54, 1.807) is 0 Å². The van der Waals surface area contributed by atoms with Gasteiger partial charge < -0.3 is 15.7 Å². The van der Waals surface area contributed by atoms with E-state index < -0.39 is 0 Å². The monoisotopic (exact) mass is 330 g/mol. The highest BCUT2D eigenvalue weighted by Gasteiger charge is 2.60. The zero-order chi connectivity index (χ0) is 17.1.